The minimum Gasteiger partial charge on any atom is -0.484 e. The first-order chi connectivity index (χ1) is 16.8. The zero-order chi connectivity index (χ0) is 25.8. The summed E-state index contributed by atoms with van der Waals surface area (Å²) in [5.41, 5.74) is 0.510. The molecule has 1 aliphatic rings. The van der Waals surface area contributed by atoms with Gasteiger partial charge < -0.3 is 40.3 Å². The molecule has 1 saturated heterocycles. The molecule has 0 aromatic heterocycles. The first-order valence-corrected chi connectivity index (χ1v) is 10.9. The number of rotatable bonds is 14. The van der Waals surface area contributed by atoms with Gasteiger partial charge in [-0.1, -0.05) is 12.1 Å². The molecule has 13 heteroatoms. The van der Waals surface area contributed by atoms with E-state index in [0.29, 0.717) is 11.3 Å². The molecule has 5 amide bonds. The van der Waals surface area contributed by atoms with Gasteiger partial charge in [0, 0.05) is 26.2 Å². The fraction of sp³-hybridized carbons (Fsp3) is 0.455. The lowest BCUT2D eigenvalue weighted by Gasteiger charge is -2.22. The number of nitrogens with one attached hydrogen (secondary N) is 1. The van der Waals surface area contributed by atoms with Gasteiger partial charge in [0.25, 0.3) is 11.8 Å². The molecule has 0 unspecified atom stereocenters. The van der Waals surface area contributed by atoms with Crippen molar-refractivity contribution in [2.45, 2.75) is 0 Å². The lowest BCUT2D eigenvalue weighted by molar-refractivity contribution is -0.136. The Balaban J connectivity index is 1.99. The number of amides is 5. The standard InChI is InChI=1S/C22H30N4O9/c27-9-5-24(6-10-28)19(31)14-26-21(33)18(23-22(26)34)13-16-1-3-17(4-2-16)35-15-20(32)25(7-11-29)8-12-30/h1-4,13,27-30H,5-12,14-15H2,(H,23,34). The molecule has 0 spiro atoms. The second-order valence-electron chi connectivity index (χ2n) is 7.39. The van der Waals surface area contributed by atoms with Crippen LogP contribution in [0.3, 0.4) is 0 Å². The summed E-state index contributed by atoms with van der Waals surface area (Å²) in [7, 11) is 0. The van der Waals surface area contributed by atoms with Crippen LogP contribution in [0.1, 0.15) is 5.56 Å². The van der Waals surface area contributed by atoms with E-state index in [4.69, 9.17) is 25.2 Å². The number of imide groups is 1. The number of nitrogens with zero attached hydrogens (tertiary/aromatic N) is 3. The third-order valence-electron chi connectivity index (χ3n) is 4.99. The van der Waals surface area contributed by atoms with Gasteiger partial charge in [-0.05, 0) is 23.8 Å². The van der Waals surface area contributed by atoms with Crippen molar-refractivity contribution < 1.29 is 44.3 Å². The molecule has 5 N–H and O–H groups in total. The van der Waals surface area contributed by atoms with E-state index in [1.54, 1.807) is 24.3 Å². The highest BCUT2D eigenvalue weighted by Gasteiger charge is 2.35. The highest BCUT2D eigenvalue weighted by Crippen LogP contribution is 2.17. The first kappa shape index (κ1) is 27.7. The molecule has 0 atom stereocenters. The van der Waals surface area contributed by atoms with Crippen molar-refractivity contribution >= 4 is 29.8 Å². The van der Waals surface area contributed by atoms with E-state index in [9.17, 15) is 19.2 Å². The average molecular weight is 495 g/mol. The number of aliphatic hydroxyl groups is 4. The molecular weight excluding hydrogens is 464 g/mol. The fourth-order valence-electron chi connectivity index (χ4n) is 3.22. The molecule has 0 aliphatic carbocycles. The van der Waals surface area contributed by atoms with Crippen LogP contribution in [0, 0.1) is 0 Å². The average Bonchev–Trinajstić information content (AvgIpc) is 3.10. The van der Waals surface area contributed by atoms with Crippen molar-refractivity contribution in [1.29, 1.82) is 0 Å². The van der Waals surface area contributed by atoms with E-state index in [-0.39, 0.29) is 64.9 Å². The van der Waals surface area contributed by atoms with Gasteiger partial charge in [0.05, 0.1) is 26.4 Å². The van der Waals surface area contributed by atoms with Gasteiger partial charge >= 0.3 is 6.03 Å². The monoisotopic (exact) mass is 494 g/mol. The molecule has 0 bridgehead atoms. The second kappa shape index (κ2) is 14.0. The molecular formula is C22H30N4O9. The van der Waals surface area contributed by atoms with Gasteiger partial charge in [0.15, 0.2) is 6.61 Å². The lowest BCUT2D eigenvalue weighted by Crippen LogP contribution is -2.45. The first-order valence-electron chi connectivity index (χ1n) is 10.9. The highest BCUT2D eigenvalue weighted by atomic mass is 16.5. The summed E-state index contributed by atoms with van der Waals surface area (Å²) in [6, 6.07) is 5.56. The van der Waals surface area contributed by atoms with E-state index in [2.05, 4.69) is 5.32 Å². The molecule has 1 aromatic rings. The van der Waals surface area contributed by atoms with Crippen molar-refractivity contribution in [1.82, 2.24) is 20.0 Å². The summed E-state index contributed by atoms with van der Waals surface area (Å²) in [5, 5.41) is 38.5. The highest BCUT2D eigenvalue weighted by molar-refractivity contribution is 6.15. The molecule has 1 fully saturated rings. The Morgan fingerprint density at radius 1 is 0.857 bits per heavy atom. The quantitative estimate of drug-likeness (QED) is 0.139. The fourth-order valence-corrected chi connectivity index (χ4v) is 3.22. The molecule has 1 aromatic carbocycles. The Kier molecular flexibility index (Phi) is 11.1. The van der Waals surface area contributed by atoms with Gasteiger partial charge in [0.1, 0.15) is 18.0 Å². The normalized spacial score (nSPS) is 14.3. The second-order valence-corrected chi connectivity index (χ2v) is 7.39. The lowest BCUT2D eigenvalue weighted by atomic mass is 10.2. The zero-order valence-corrected chi connectivity index (χ0v) is 19.1. The number of benzene rings is 1. The summed E-state index contributed by atoms with van der Waals surface area (Å²) >= 11 is 0. The number of hydrogen-bond donors (Lipinski definition) is 5. The van der Waals surface area contributed by atoms with E-state index < -0.39 is 30.3 Å². The Bertz CT molecular complexity index is 908. The van der Waals surface area contributed by atoms with Gasteiger partial charge in [-0.2, -0.15) is 0 Å². The third kappa shape index (κ3) is 8.03. The van der Waals surface area contributed by atoms with Crippen molar-refractivity contribution in [3.63, 3.8) is 0 Å². The molecule has 13 nitrogen and oxygen atoms in total. The smallest absolute Gasteiger partial charge is 0.329 e. The van der Waals surface area contributed by atoms with E-state index in [0.717, 1.165) is 9.80 Å². The summed E-state index contributed by atoms with van der Waals surface area (Å²) < 4.78 is 5.43. The zero-order valence-electron chi connectivity index (χ0n) is 19.1. The summed E-state index contributed by atoms with van der Waals surface area (Å²) in [4.78, 5) is 52.4. The number of carbonyl (C=O) groups is 4. The van der Waals surface area contributed by atoms with Gasteiger partial charge in [-0.25, -0.2) is 9.69 Å². The predicted octanol–water partition coefficient (Wildman–Crippen LogP) is -2.42. The van der Waals surface area contributed by atoms with Crippen LogP contribution in [-0.2, 0) is 14.4 Å². The van der Waals surface area contributed by atoms with Crippen LogP contribution in [0.15, 0.2) is 30.0 Å². The maximum absolute atomic E-state index is 12.6. The molecule has 1 aliphatic heterocycles. The van der Waals surface area contributed by atoms with Gasteiger partial charge in [-0.15, -0.1) is 0 Å². The minimum atomic E-state index is -0.767. The van der Waals surface area contributed by atoms with E-state index >= 15 is 0 Å². The van der Waals surface area contributed by atoms with Crippen LogP contribution in [-0.4, -0.2) is 125 Å². The van der Waals surface area contributed by atoms with Crippen molar-refractivity contribution in [2.75, 3.05) is 65.8 Å². The third-order valence-corrected chi connectivity index (χ3v) is 4.99. The largest absolute Gasteiger partial charge is 0.484 e. The Morgan fingerprint density at radius 2 is 1.37 bits per heavy atom. The number of carbonyl (C=O) groups excluding carboxylic acids is 4. The molecule has 192 valence electrons. The van der Waals surface area contributed by atoms with Crippen molar-refractivity contribution in [3.05, 3.63) is 35.5 Å². The van der Waals surface area contributed by atoms with E-state index in [1.807, 2.05) is 0 Å². The van der Waals surface area contributed by atoms with Crippen LogP contribution < -0.4 is 10.1 Å². The van der Waals surface area contributed by atoms with Crippen molar-refractivity contribution in [3.8, 4) is 5.75 Å². The molecule has 0 saturated carbocycles. The number of ether oxygens (including phenoxy) is 1. The van der Waals surface area contributed by atoms with Crippen LogP contribution in [0.4, 0.5) is 4.79 Å². The number of urea groups is 1. The molecule has 35 heavy (non-hydrogen) atoms. The van der Waals surface area contributed by atoms with Crippen molar-refractivity contribution in [2.24, 2.45) is 0 Å². The summed E-state index contributed by atoms with van der Waals surface area (Å²) in [5.74, 6) is -1.32. The molecule has 2 rings (SSSR count). The SMILES string of the molecule is O=C(COc1ccc(C=C2NC(=O)N(CC(=O)N(CCO)CCO)C2=O)cc1)N(CCO)CCO. The number of aliphatic hydroxyl groups excluding tert-OH is 4. The van der Waals surface area contributed by atoms with Crippen LogP contribution >= 0.6 is 0 Å². The van der Waals surface area contributed by atoms with E-state index in [1.165, 1.54) is 11.0 Å². The Hall–Kier alpha value is -3.52. The van der Waals surface area contributed by atoms with Crippen LogP contribution in [0.5, 0.6) is 5.75 Å². The maximum Gasteiger partial charge on any atom is 0.329 e. The van der Waals surface area contributed by atoms with Crippen LogP contribution in [0.2, 0.25) is 0 Å². The molecule has 1 heterocycles. The predicted molar refractivity (Wildman–Crippen MR) is 122 cm³/mol. The summed E-state index contributed by atoms with van der Waals surface area (Å²) in [6.45, 7) is -1.85. The van der Waals surface area contributed by atoms with Crippen LogP contribution in [0.25, 0.3) is 6.08 Å². The Labute approximate surface area is 201 Å². The topological polar surface area (TPSA) is 180 Å². The minimum absolute atomic E-state index is 0.0351. The van der Waals surface area contributed by atoms with Gasteiger partial charge in [-0.3, -0.25) is 14.4 Å². The van der Waals surface area contributed by atoms with Gasteiger partial charge in [0.2, 0.25) is 5.91 Å². The molecule has 0 radical (unpaired) electrons. The Morgan fingerprint density at radius 3 is 1.89 bits per heavy atom. The maximum atomic E-state index is 12.6. The number of hydrogen-bond acceptors (Lipinski definition) is 9. The summed E-state index contributed by atoms with van der Waals surface area (Å²) in [6.07, 6.45) is 1.42.